The van der Waals surface area contributed by atoms with E-state index < -0.39 is 0 Å². The molecule has 0 saturated carbocycles. The molecule has 112 valence electrons. The minimum atomic E-state index is -0.127. The van der Waals surface area contributed by atoms with Crippen LogP contribution in [0.4, 0.5) is 4.39 Å². The van der Waals surface area contributed by atoms with Gasteiger partial charge in [-0.05, 0) is 42.6 Å². The van der Waals surface area contributed by atoms with Gasteiger partial charge in [0.2, 0.25) is 0 Å². The zero-order valence-electron chi connectivity index (χ0n) is 13.1. The Morgan fingerprint density at radius 2 is 1.71 bits per heavy atom. The number of halogens is 1. The number of likely N-dealkylation sites (N-methyl/N-ethyl adjacent to an activating group) is 1. The normalized spacial score (nSPS) is 13.9. The van der Waals surface area contributed by atoms with Gasteiger partial charge in [0.05, 0.1) is 0 Å². The first-order chi connectivity index (χ1) is 10.2. The summed E-state index contributed by atoms with van der Waals surface area (Å²) in [5.41, 5.74) is 3.02. The Morgan fingerprint density at radius 1 is 1.00 bits per heavy atom. The molecule has 0 heterocycles. The topological polar surface area (TPSA) is 12.0 Å². The van der Waals surface area contributed by atoms with Crippen molar-refractivity contribution in [1.82, 2.24) is 5.32 Å². The molecule has 21 heavy (non-hydrogen) atoms. The zero-order valence-corrected chi connectivity index (χ0v) is 13.1. The van der Waals surface area contributed by atoms with Crippen molar-refractivity contribution < 1.29 is 4.39 Å². The summed E-state index contributed by atoms with van der Waals surface area (Å²) in [6.07, 6.45) is 1.01. The van der Waals surface area contributed by atoms with Gasteiger partial charge >= 0.3 is 0 Å². The van der Waals surface area contributed by atoms with E-state index in [0.717, 1.165) is 18.5 Å². The third kappa shape index (κ3) is 3.70. The molecule has 0 aliphatic carbocycles. The number of hydrogen-bond acceptors (Lipinski definition) is 1. The molecule has 0 amide bonds. The number of benzene rings is 2. The van der Waals surface area contributed by atoms with Crippen LogP contribution in [0.3, 0.4) is 0 Å². The van der Waals surface area contributed by atoms with Crippen molar-refractivity contribution in [3.8, 4) is 0 Å². The fourth-order valence-electron chi connectivity index (χ4n) is 2.88. The molecule has 0 bridgehead atoms. The highest BCUT2D eigenvalue weighted by atomic mass is 19.1. The fraction of sp³-hybridized carbons (Fsp3) is 0.368. The second kappa shape index (κ2) is 7.37. The molecule has 1 N–H and O–H groups in total. The third-order valence-corrected chi connectivity index (χ3v) is 4.05. The molecule has 0 aliphatic rings. The molecular weight excluding hydrogens is 261 g/mol. The zero-order chi connectivity index (χ0) is 15.2. The molecule has 2 aromatic carbocycles. The SMILES string of the molecule is CCNC(c1ccc(C)c(F)c1)C(CC)c1ccccc1. The molecule has 0 saturated heterocycles. The van der Waals surface area contributed by atoms with E-state index in [9.17, 15) is 4.39 Å². The highest BCUT2D eigenvalue weighted by molar-refractivity contribution is 5.30. The van der Waals surface area contributed by atoms with Crippen molar-refractivity contribution in [3.05, 3.63) is 71.0 Å². The predicted octanol–water partition coefficient (Wildman–Crippen LogP) is 4.98. The van der Waals surface area contributed by atoms with E-state index in [2.05, 4.69) is 43.4 Å². The van der Waals surface area contributed by atoms with Crippen LogP contribution in [0.5, 0.6) is 0 Å². The summed E-state index contributed by atoms with van der Waals surface area (Å²) >= 11 is 0. The van der Waals surface area contributed by atoms with Gasteiger partial charge < -0.3 is 5.32 Å². The Hall–Kier alpha value is -1.67. The van der Waals surface area contributed by atoms with E-state index >= 15 is 0 Å². The van der Waals surface area contributed by atoms with Crippen LogP contribution in [-0.4, -0.2) is 6.54 Å². The van der Waals surface area contributed by atoms with Gasteiger partial charge in [0.15, 0.2) is 0 Å². The number of hydrogen-bond donors (Lipinski definition) is 1. The van der Waals surface area contributed by atoms with Gasteiger partial charge in [0, 0.05) is 12.0 Å². The Morgan fingerprint density at radius 3 is 2.29 bits per heavy atom. The van der Waals surface area contributed by atoms with Crippen LogP contribution in [0.15, 0.2) is 48.5 Å². The van der Waals surface area contributed by atoms with E-state index in [1.54, 1.807) is 13.0 Å². The predicted molar refractivity (Wildman–Crippen MR) is 87.0 cm³/mol. The molecule has 0 aliphatic heterocycles. The number of rotatable bonds is 6. The van der Waals surface area contributed by atoms with Gasteiger partial charge in [-0.2, -0.15) is 0 Å². The van der Waals surface area contributed by atoms with Crippen LogP contribution in [0.1, 0.15) is 48.9 Å². The molecule has 2 heteroatoms. The second-order valence-electron chi connectivity index (χ2n) is 5.47. The van der Waals surface area contributed by atoms with Crippen LogP contribution in [0.25, 0.3) is 0 Å². The monoisotopic (exact) mass is 285 g/mol. The van der Waals surface area contributed by atoms with E-state index in [-0.39, 0.29) is 11.9 Å². The van der Waals surface area contributed by atoms with Crippen molar-refractivity contribution in [2.24, 2.45) is 0 Å². The van der Waals surface area contributed by atoms with Gasteiger partial charge in [-0.15, -0.1) is 0 Å². The summed E-state index contributed by atoms with van der Waals surface area (Å²) in [4.78, 5) is 0. The van der Waals surface area contributed by atoms with Crippen LogP contribution in [0, 0.1) is 12.7 Å². The number of nitrogens with one attached hydrogen (secondary N) is 1. The molecular formula is C19H24FN. The molecule has 2 atom stereocenters. The molecule has 2 unspecified atom stereocenters. The van der Waals surface area contributed by atoms with Crippen molar-refractivity contribution in [3.63, 3.8) is 0 Å². The van der Waals surface area contributed by atoms with Gasteiger partial charge in [0.25, 0.3) is 0 Å². The highest BCUT2D eigenvalue weighted by Gasteiger charge is 2.23. The summed E-state index contributed by atoms with van der Waals surface area (Å²) in [5.74, 6) is 0.214. The van der Waals surface area contributed by atoms with Gasteiger partial charge in [0.1, 0.15) is 5.82 Å². The number of aryl methyl sites for hydroxylation is 1. The molecule has 2 aromatic rings. The van der Waals surface area contributed by atoms with Gasteiger partial charge in [-0.1, -0.05) is 56.3 Å². The summed E-state index contributed by atoms with van der Waals surface area (Å²) in [5, 5.41) is 3.53. The quantitative estimate of drug-likeness (QED) is 0.789. The van der Waals surface area contributed by atoms with Gasteiger partial charge in [-0.25, -0.2) is 4.39 Å². The fourth-order valence-corrected chi connectivity index (χ4v) is 2.88. The summed E-state index contributed by atoms with van der Waals surface area (Å²) in [6.45, 7) is 6.95. The lowest BCUT2D eigenvalue weighted by Crippen LogP contribution is -2.27. The molecule has 0 spiro atoms. The van der Waals surface area contributed by atoms with Crippen LogP contribution < -0.4 is 5.32 Å². The lowest BCUT2D eigenvalue weighted by molar-refractivity contribution is 0.443. The summed E-state index contributed by atoms with van der Waals surface area (Å²) in [6, 6.07) is 16.2. The average molecular weight is 285 g/mol. The minimum Gasteiger partial charge on any atom is -0.310 e. The first-order valence-corrected chi connectivity index (χ1v) is 7.71. The highest BCUT2D eigenvalue weighted by Crippen LogP contribution is 2.34. The second-order valence-corrected chi connectivity index (χ2v) is 5.47. The molecule has 0 fully saturated rings. The summed E-state index contributed by atoms with van der Waals surface area (Å²) in [7, 11) is 0. The molecule has 2 rings (SSSR count). The Balaban J connectivity index is 2.38. The van der Waals surface area contributed by atoms with Crippen LogP contribution in [-0.2, 0) is 0 Å². The van der Waals surface area contributed by atoms with Crippen molar-refractivity contribution >= 4 is 0 Å². The van der Waals surface area contributed by atoms with Crippen molar-refractivity contribution in [2.45, 2.75) is 39.2 Å². The smallest absolute Gasteiger partial charge is 0.126 e. The standard InChI is InChI=1S/C19H24FN/c1-4-17(15-9-7-6-8-10-15)19(21-5-2)16-12-11-14(3)18(20)13-16/h6-13,17,19,21H,4-5H2,1-3H3. The van der Waals surface area contributed by atoms with Crippen LogP contribution >= 0.6 is 0 Å². The lowest BCUT2D eigenvalue weighted by atomic mass is 9.85. The Bertz CT molecular complexity index is 565. The maximum atomic E-state index is 13.9. The van der Waals surface area contributed by atoms with Crippen molar-refractivity contribution in [2.75, 3.05) is 6.54 Å². The Labute approximate surface area is 127 Å². The molecule has 1 nitrogen and oxygen atoms in total. The van der Waals surface area contributed by atoms with Gasteiger partial charge in [-0.3, -0.25) is 0 Å². The summed E-state index contributed by atoms with van der Waals surface area (Å²) < 4.78 is 13.9. The Kier molecular flexibility index (Phi) is 5.51. The maximum Gasteiger partial charge on any atom is 0.126 e. The molecule has 0 radical (unpaired) electrons. The maximum absolute atomic E-state index is 13.9. The minimum absolute atomic E-state index is 0.127. The first-order valence-electron chi connectivity index (χ1n) is 7.71. The lowest BCUT2D eigenvalue weighted by Gasteiger charge is -2.28. The average Bonchev–Trinajstić information content (AvgIpc) is 2.51. The first kappa shape index (κ1) is 15.7. The van der Waals surface area contributed by atoms with E-state index in [0.29, 0.717) is 11.5 Å². The van der Waals surface area contributed by atoms with Crippen LogP contribution in [0.2, 0.25) is 0 Å². The van der Waals surface area contributed by atoms with Crippen molar-refractivity contribution in [1.29, 1.82) is 0 Å². The van der Waals surface area contributed by atoms with E-state index in [1.165, 1.54) is 5.56 Å². The largest absolute Gasteiger partial charge is 0.310 e. The molecule has 0 aromatic heterocycles. The third-order valence-electron chi connectivity index (χ3n) is 4.05. The van der Waals surface area contributed by atoms with E-state index in [1.807, 2.05) is 18.2 Å². The van der Waals surface area contributed by atoms with E-state index in [4.69, 9.17) is 0 Å².